The largest absolute Gasteiger partial charge is 0.395 e. The van der Waals surface area contributed by atoms with E-state index in [1.54, 1.807) is 0 Å². The zero-order valence-electron chi connectivity index (χ0n) is 8.27. The minimum Gasteiger partial charge on any atom is -0.395 e. The summed E-state index contributed by atoms with van der Waals surface area (Å²) in [5.74, 6) is 0. The van der Waals surface area contributed by atoms with Gasteiger partial charge in [-0.2, -0.15) is 0 Å². The summed E-state index contributed by atoms with van der Waals surface area (Å²) in [6.07, 6.45) is 6.26. The number of hydrogen-bond acceptors (Lipinski definition) is 1. The second-order valence-electron chi connectivity index (χ2n) is 3.33. The summed E-state index contributed by atoms with van der Waals surface area (Å²) < 4.78 is 0. The van der Waals surface area contributed by atoms with Crippen LogP contribution in [0.1, 0.15) is 39.5 Å². The fraction of sp³-hybridized carbons (Fsp3) is 0.727. The predicted octanol–water partition coefficient (Wildman–Crippen LogP) is 2.91. The van der Waals surface area contributed by atoms with Gasteiger partial charge in [-0.1, -0.05) is 33.3 Å². The van der Waals surface area contributed by atoms with Crippen molar-refractivity contribution in [1.82, 2.24) is 0 Å². The van der Waals surface area contributed by atoms with Crippen molar-refractivity contribution in [2.24, 2.45) is 5.41 Å². The predicted molar refractivity (Wildman–Crippen MR) is 53.0 cm³/mol. The Morgan fingerprint density at radius 3 is 2.50 bits per heavy atom. The minimum absolute atomic E-state index is 0.0578. The number of unbranched alkanes of at least 4 members (excludes halogenated alkanes) is 1. The van der Waals surface area contributed by atoms with Crippen LogP contribution in [0.15, 0.2) is 18.4 Å². The van der Waals surface area contributed by atoms with E-state index in [1.807, 2.05) is 6.08 Å². The summed E-state index contributed by atoms with van der Waals surface area (Å²) in [6, 6.07) is 0. The van der Waals surface area contributed by atoms with Crippen molar-refractivity contribution >= 4 is 0 Å². The Labute approximate surface area is 75.8 Å². The number of aliphatic hydroxyl groups is 1. The van der Waals surface area contributed by atoms with E-state index < -0.39 is 0 Å². The third kappa shape index (κ3) is 3.25. The van der Waals surface area contributed by atoms with Gasteiger partial charge in [0.15, 0.2) is 0 Å². The van der Waals surface area contributed by atoms with Crippen LogP contribution in [-0.4, -0.2) is 11.7 Å². The van der Waals surface area contributed by atoms with Gasteiger partial charge in [0, 0.05) is 5.41 Å². The molecule has 0 aromatic heterocycles. The molecular weight excluding hydrogens is 148 g/mol. The van der Waals surface area contributed by atoms with Crippen molar-refractivity contribution < 1.29 is 5.11 Å². The van der Waals surface area contributed by atoms with Crippen LogP contribution in [0.3, 0.4) is 0 Å². The van der Waals surface area contributed by atoms with Crippen molar-refractivity contribution in [2.45, 2.75) is 39.5 Å². The molecule has 1 atom stereocenters. The van der Waals surface area contributed by atoms with Crippen LogP contribution in [0.2, 0.25) is 0 Å². The molecule has 0 aromatic carbocycles. The highest BCUT2D eigenvalue weighted by Crippen LogP contribution is 2.29. The Balaban J connectivity index is 4.24. The molecular formula is C11H20O. The highest BCUT2D eigenvalue weighted by atomic mass is 16.3. The normalized spacial score (nSPS) is 14.9. The minimum atomic E-state index is -0.0578. The molecule has 0 aliphatic rings. The molecule has 1 unspecified atom stereocenters. The van der Waals surface area contributed by atoms with E-state index in [4.69, 9.17) is 0 Å². The van der Waals surface area contributed by atoms with E-state index in [-0.39, 0.29) is 12.0 Å². The van der Waals surface area contributed by atoms with Crippen molar-refractivity contribution in [3.8, 4) is 0 Å². The molecule has 0 bridgehead atoms. The first kappa shape index (κ1) is 11.5. The van der Waals surface area contributed by atoms with Crippen LogP contribution >= 0.6 is 0 Å². The zero-order valence-corrected chi connectivity index (χ0v) is 8.27. The lowest BCUT2D eigenvalue weighted by Crippen LogP contribution is -2.21. The Morgan fingerprint density at radius 2 is 2.17 bits per heavy atom. The molecule has 12 heavy (non-hydrogen) atoms. The molecule has 1 nitrogen and oxygen atoms in total. The van der Waals surface area contributed by atoms with Crippen molar-refractivity contribution in [3.05, 3.63) is 18.4 Å². The molecule has 0 amide bonds. The van der Waals surface area contributed by atoms with Crippen LogP contribution in [0.4, 0.5) is 0 Å². The molecule has 0 heterocycles. The Kier molecular flexibility index (Phi) is 5.79. The molecule has 0 aromatic rings. The molecule has 1 heteroatoms. The third-order valence-electron chi connectivity index (χ3n) is 2.46. The second kappa shape index (κ2) is 6.05. The Bertz CT molecular complexity index is 150. The number of hydrogen-bond donors (Lipinski definition) is 1. The lowest BCUT2D eigenvalue weighted by atomic mass is 9.81. The SMILES string of the molecule is C=C=CC(CC)(CO)CCCC. The topological polar surface area (TPSA) is 20.2 Å². The highest BCUT2D eigenvalue weighted by molar-refractivity contribution is 4.96. The highest BCUT2D eigenvalue weighted by Gasteiger charge is 2.22. The molecule has 70 valence electrons. The summed E-state index contributed by atoms with van der Waals surface area (Å²) in [5.41, 5.74) is 2.73. The average molecular weight is 168 g/mol. The lowest BCUT2D eigenvalue weighted by molar-refractivity contribution is 0.152. The van der Waals surface area contributed by atoms with E-state index in [0.717, 1.165) is 19.3 Å². The standard InChI is InChI=1S/C11H20O/c1-4-7-9-11(6-3,10-12)8-5-2/h8,12H,2,4,6-7,9-10H2,1,3H3. The van der Waals surface area contributed by atoms with Crippen LogP contribution in [0.5, 0.6) is 0 Å². The van der Waals surface area contributed by atoms with Gasteiger partial charge in [0.25, 0.3) is 0 Å². The van der Waals surface area contributed by atoms with E-state index in [9.17, 15) is 5.11 Å². The van der Waals surface area contributed by atoms with Gasteiger partial charge in [-0.15, -0.1) is 5.73 Å². The smallest absolute Gasteiger partial charge is 0.0528 e. The quantitative estimate of drug-likeness (QED) is 0.605. The monoisotopic (exact) mass is 168 g/mol. The second-order valence-corrected chi connectivity index (χ2v) is 3.33. The van der Waals surface area contributed by atoms with E-state index in [2.05, 4.69) is 26.2 Å². The van der Waals surface area contributed by atoms with Gasteiger partial charge in [0.05, 0.1) is 6.61 Å². The van der Waals surface area contributed by atoms with Gasteiger partial charge in [-0.25, -0.2) is 0 Å². The first-order chi connectivity index (χ1) is 5.74. The maximum atomic E-state index is 9.24. The molecule has 0 spiro atoms. The van der Waals surface area contributed by atoms with Crippen molar-refractivity contribution in [1.29, 1.82) is 0 Å². The number of aliphatic hydroxyl groups excluding tert-OH is 1. The molecule has 0 rings (SSSR count). The number of rotatable bonds is 6. The maximum absolute atomic E-state index is 9.24. The van der Waals surface area contributed by atoms with Crippen LogP contribution in [-0.2, 0) is 0 Å². The van der Waals surface area contributed by atoms with Gasteiger partial charge in [-0.05, 0) is 18.9 Å². The van der Waals surface area contributed by atoms with Crippen LogP contribution < -0.4 is 0 Å². The molecule has 0 radical (unpaired) electrons. The lowest BCUT2D eigenvalue weighted by Gasteiger charge is -2.25. The first-order valence-corrected chi connectivity index (χ1v) is 4.72. The fourth-order valence-corrected chi connectivity index (χ4v) is 1.33. The van der Waals surface area contributed by atoms with Gasteiger partial charge in [-0.3, -0.25) is 0 Å². The van der Waals surface area contributed by atoms with Gasteiger partial charge >= 0.3 is 0 Å². The summed E-state index contributed by atoms with van der Waals surface area (Å²) in [5, 5.41) is 9.24. The summed E-state index contributed by atoms with van der Waals surface area (Å²) >= 11 is 0. The van der Waals surface area contributed by atoms with Crippen molar-refractivity contribution in [3.63, 3.8) is 0 Å². The van der Waals surface area contributed by atoms with Gasteiger partial charge in [0.1, 0.15) is 0 Å². The molecule has 0 fully saturated rings. The molecule has 1 N–H and O–H groups in total. The summed E-state index contributed by atoms with van der Waals surface area (Å²) in [4.78, 5) is 0. The molecule has 0 saturated carbocycles. The van der Waals surface area contributed by atoms with E-state index in [0.29, 0.717) is 0 Å². The first-order valence-electron chi connectivity index (χ1n) is 4.72. The van der Waals surface area contributed by atoms with Crippen LogP contribution in [0, 0.1) is 5.41 Å². The maximum Gasteiger partial charge on any atom is 0.0528 e. The Hall–Kier alpha value is -0.520. The van der Waals surface area contributed by atoms with Crippen molar-refractivity contribution in [2.75, 3.05) is 6.61 Å². The van der Waals surface area contributed by atoms with Crippen LogP contribution in [0.25, 0.3) is 0 Å². The average Bonchev–Trinajstić information content (AvgIpc) is 2.13. The van der Waals surface area contributed by atoms with Gasteiger partial charge in [0.2, 0.25) is 0 Å². The third-order valence-corrected chi connectivity index (χ3v) is 2.46. The van der Waals surface area contributed by atoms with E-state index in [1.165, 1.54) is 6.42 Å². The summed E-state index contributed by atoms with van der Waals surface area (Å²) in [7, 11) is 0. The Morgan fingerprint density at radius 1 is 1.50 bits per heavy atom. The fourth-order valence-electron chi connectivity index (χ4n) is 1.33. The van der Waals surface area contributed by atoms with Gasteiger partial charge < -0.3 is 5.11 Å². The molecule has 0 aliphatic heterocycles. The summed E-state index contributed by atoms with van der Waals surface area (Å²) in [6.45, 7) is 8.03. The molecule has 0 aliphatic carbocycles. The van der Waals surface area contributed by atoms with E-state index >= 15 is 0 Å². The molecule has 0 saturated heterocycles. The zero-order chi connectivity index (χ0) is 9.45.